The molecule has 2 aromatic rings. The molecule has 3 heteroatoms. The third-order valence-corrected chi connectivity index (χ3v) is 3.02. The summed E-state index contributed by atoms with van der Waals surface area (Å²) in [5.41, 5.74) is 2.82. The summed E-state index contributed by atoms with van der Waals surface area (Å²) < 4.78 is 5.34. The highest BCUT2D eigenvalue weighted by atomic mass is 16.6. The number of ether oxygens (including phenoxy) is 1. The van der Waals surface area contributed by atoms with Gasteiger partial charge in [-0.1, -0.05) is 36.4 Å². The van der Waals surface area contributed by atoms with Gasteiger partial charge in [-0.15, -0.1) is 0 Å². The van der Waals surface area contributed by atoms with E-state index in [0.29, 0.717) is 5.56 Å². The second-order valence-corrected chi connectivity index (χ2v) is 5.89. The molecule has 110 valence electrons. The molecule has 0 aliphatic heterocycles. The molecule has 0 aromatic heterocycles. The van der Waals surface area contributed by atoms with Crippen LogP contribution in [0, 0.1) is 0 Å². The minimum absolute atomic E-state index is 0.00993. The van der Waals surface area contributed by atoms with Gasteiger partial charge in [-0.05, 0) is 49.6 Å². The van der Waals surface area contributed by atoms with Crippen molar-refractivity contribution in [1.29, 1.82) is 0 Å². The van der Waals surface area contributed by atoms with Crippen molar-refractivity contribution < 1.29 is 14.6 Å². The van der Waals surface area contributed by atoms with Crippen LogP contribution in [0.15, 0.2) is 48.5 Å². The Morgan fingerprint density at radius 3 is 2.24 bits per heavy atom. The van der Waals surface area contributed by atoms with Gasteiger partial charge in [-0.25, -0.2) is 4.79 Å². The molecule has 0 saturated carbocycles. The molecule has 3 nitrogen and oxygen atoms in total. The molecule has 0 aliphatic rings. The van der Waals surface area contributed by atoms with Crippen LogP contribution in [0.25, 0.3) is 11.1 Å². The summed E-state index contributed by atoms with van der Waals surface area (Å²) in [5.74, 6) is -0.329. The first kappa shape index (κ1) is 15.3. The number of aliphatic hydroxyl groups excluding tert-OH is 1. The van der Waals surface area contributed by atoms with Gasteiger partial charge in [0.2, 0.25) is 0 Å². The fraction of sp³-hybridized carbons (Fsp3) is 0.278. The van der Waals surface area contributed by atoms with Crippen LogP contribution in [-0.4, -0.2) is 16.7 Å². The van der Waals surface area contributed by atoms with Crippen molar-refractivity contribution in [2.75, 3.05) is 0 Å². The zero-order valence-electron chi connectivity index (χ0n) is 12.6. The average molecular weight is 284 g/mol. The maximum atomic E-state index is 12.0. The summed E-state index contributed by atoms with van der Waals surface area (Å²) in [4.78, 5) is 12.0. The molecule has 0 radical (unpaired) electrons. The minimum atomic E-state index is -0.501. The molecule has 0 bridgehead atoms. The smallest absolute Gasteiger partial charge is 0.338 e. The molecule has 2 aromatic carbocycles. The Morgan fingerprint density at radius 1 is 1.05 bits per heavy atom. The lowest BCUT2D eigenvalue weighted by atomic mass is 9.99. The van der Waals surface area contributed by atoms with Crippen molar-refractivity contribution >= 4 is 5.97 Å². The first-order chi connectivity index (χ1) is 9.90. The van der Waals surface area contributed by atoms with E-state index in [-0.39, 0.29) is 12.6 Å². The van der Waals surface area contributed by atoms with Crippen molar-refractivity contribution in [2.24, 2.45) is 0 Å². The molecule has 0 amide bonds. The summed E-state index contributed by atoms with van der Waals surface area (Å²) in [6.07, 6.45) is 0. The van der Waals surface area contributed by atoms with Crippen molar-refractivity contribution in [3.05, 3.63) is 59.7 Å². The van der Waals surface area contributed by atoms with Crippen LogP contribution in [0.1, 0.15) is 36.7 Å². The van der Waals surface area contributed by atoms with Crippen LogP contribution in [0.3, 0.4) is 0 Å². The number of hydrogen-bond acceptors (Lipinski definition) is 3. The van der Waals surface area contributed by atoms with Crippen LogP contribution >= 0.6 is 0 Å². The maximum absolute atomic E-state index is 12.0. The summed E-state index contributed by atoms with van der Waals surface area (Å²) >= 11 is 0. The van der Waals surface area contributed by atoms with E-state index in [1.807, 2.05) is 57.2 Å². The van der Waals surface area contributed by atoms with Gasteiger partial charge in [0.1, 0.15) is 5.60 Å². The number of benzene rings is 2. The van der Waals surface area contributed by atoms with Gasteiger partial charge in [-0.3, -0.25) is 0 Å². The summed E-state index contributed by atoms with van der Waals surface area (Å²) in [5, 5.41) is 9.38. The molecule has 0 unspecified atom stereocenters. The summed E-state index contributed by atoms with van der Waals surface area (Å²) in [6.45, 7) is 5.52. The number of hydrogen-bond donors (Lipinski definition) is 1. The van der Waals surface area contributed by atoms with E-state index in [0.717, 1.165) is 16.7 Å². The standard InChI is InChI=1S/C18H20O3/c1-18(2,3)21-17(20)14-10-8-13(9-11-14)16-7-5-4-6-15(16)12-19/h4-11,19H,12H2,1-3H3. The van der Waals surface area contributed by atoms with E-state index in [1.165, 1.54) is 0 Å². The van der Waals surface area contributed by atoms with Crippen LogP contribution < -0.4 is 0 Å². The van der Waals surface area contributed by atoms with E-state index < -0.39 is 5.60 Å². The van der Waals surface area contributed by atoms with Gasteiger partial charge in [0, 0.05) is 0 Å². The van der Waals surface area contributed by atoms with Gasteiger partial charge in [0.25, 0.3) is 0 Å². The van der Waals surface area contributed by atoms with Gasteiger partial charge < -0.3 is 9.84 Å². The lowest BCUT2D eigenvalue weighted by Crippen LogP contribution is -2.23. The Balaban J connectivity index is 2.25. The summed E-state index contributed by atoms with van der Waals surface area (Å²) in [7, 11) is 0. The van der Waals surface area contributed by atoms with E-state index >= 15 is 0 Å². The normalized spacial score (nSPS) is 11.2. The molecule has 0 heterocycles. The first-order valence-electron chi connectivity index (χ1n) is 6.93. The quantitative estimate of drug-likeness (QED) is 0.872. The number of esters is 1. The summed E-state index contributed by atoms with van der Waals surface area (Å²) in [6, 6.07) is 14.9. The van der Waals surface area contributed by atoms with Crippen molar-refractivity contribution in [3.63, 3.8) is 0 Å². The van der Waals surface area contributed by atoms with Crippen LogP contribution in [-0.2, 0) is 11.3 Å². The zero-order chi connectivity index (χ0) is 15.5. The third-order valence-electron chi connectivity index (χ3n) is 3.02. The number of rotatable bonds is 3. The third kappa shape index (κ3) is 3.92. The lowest BCUT2D eigenvalue weighted by molar-refractivity contribution is 0.00696. The second-order valence-electron chi connectivity index (χ2n) is 5.89. The maximum Gasteiger partial charge on any atom is 0.338 e. The predicted molar refractivity (Wildman–Crippen MR) is 83.0 cm³/mol. The van der Waals surface area contributed by atoms with Gasteiger partial charge in [-0.2, -0.15) is 0 Å². The van der Waals surface area contributed by atoms with Gasteiger partial charge in [0.05, 0.1) is 12.2 Å². The Kier molecular flexibility index (Phi) is 4.43. The molecule has 21 heavy (non-hydrogen) atoms. The monoisotopic (exact) mass is 284 g/mol. The second kappa shape index (κ2) is 6.10. The molecule has 0 saturated heterocycles. The number of carbonyl (C=O) groups is 1. The molecular formula is C18H20O3. The van der Waals surface area contributed by atoms with Crippen LogP contribution in [0.5, 0.6) is 0 Å². The molecule has 0 atom stereocenters. The Labute approximate surface area is 125 Å². The van der Waals surface area contributed by atoms with Crippen molar-refractivity contribution in [3.8, 4) is 11.1 Å². The predicted octanol–water partition coefficient (Wildman–Crippen LogP) is 3.80. The number of aliphatic hydroxyl groups is 1. The Bertz CT molecular complexity index is 622. The Hall–Kier alpha value is -2.13. The molecule has 1 N–H and O–H groups in total. The highest BCUT2D eigenvalue weighted by molar-refractivity contribution is 5.90. The van der Waals surface area contributed by atoms with Crippen LogP contribution in [0.4, 0.5) is 0 Å². The Morgan fingerprint density at radius 2 is 1.67 bits per heavy atom. The van der Waals surface area contributed by atoms with E-state index in [4.69, 9.17) is 4.74 Å². The van der Waals surface area contributed by atoms with E-state index in [2.05, 4.69) is 0 Å². The molecule has 0 fully saturated rings. The molecule has 0 aliphatic carbocycles. The SMILES string of the molecule is CC(C)(C)OC(=O)c1ccc(-c2ccccc2CO)cc1. The minimum Gasteiger partial charge on any atom is -0.456 e. The molecular weight excluding hydrogens is 264 g/mol. The zero-order valence-corrected chi connectivity index (χ0v) is 12.6. The van der Waals surface area contributed by atoms with Gasteiger partial charge >= 0.3 is 5.97 Å². The highest BCUT2D eigenvalue weighted by Crippen LogP contribution is 2.24. The fourth-order valence-electron chi connectivity index (χ4n) is 2.06. The van der Waals surface area contributed by atoms with Gasteiger partial charge in [0.15, 0.2) is 0 Å². The van der Waals surface area contributed by atoms with E-state index in [1.54, 1.807) is 12.1 Å². The highest BCUT2D eigenvalue weighted by Gasteiger charge is 2.17. The van der Waals surface area contributed by atoms with Crippen molar-refractivity contribution in [1.82, 2.24) is 0 Å². The van der Waals surface area contributed by atoms with Crippen LogP contribution in [0.2, 0.25) is 0 Å². The molecule has 2 rings (SSSR count). The number of carbonyl (C=O) groups excluding carboxylic acids is 1. The fourth-order valence-corrected chi connectivity index (χ4v) is 2.06. The lowest BCUT2D eigenvalue weighted by Gasteiger charge is -2.19. The average Bonchev–Trinajstić information content (AvgIpc) is 2.45. The topological polar surface area (TPSA) is 46.5 Å². The first-order valence-corrected chi connectivity index (χ1v) is 6.93. The molecule has 0 spiro atoms. The van der Waals surface area contributed by atoms with E-state index in [9.17, 15) is 9.90 Å². The van der Waals surface area contributed by atoms with Crippen molar-refractivity contribution in [2.45, 2.75) is 33.0 Å². The largest absolute Gasteiger partial charge is 0.456 e.